The Hall–Kier alpha value is -2.66. The molecular formula is C21H23N3O2. The fourth-order valence-electron chi connectivity index (χ4n) is 3.35. The van der Waals surface area contributed by atoms with Crippen LogP contribution >= 0.6 is 0 Å². The van der Waals surface area contributed by atoms with Gasteiger partial charge in [-0.2, -0.15) is 4.98 Å². The molecule has 134 valence electrons. The maximum atomic E-state index is 5.63. The second kappa shape index (κ2) is 7.70. The van der Waals surface area contributed by atoms with Crippen LogP contribution in [-0.2, 0) is 19.4 Å². The Morgan fingerprint density at radius 3 is 2.85 bits per heavy atom. The molecule has 0 saturated heterocycles. The van der Waals surface area contributed by atoms with E-state index in [0.717, 1.165) is 43.8 Å². The molecular weight excluding hydrogens is 326 g/mol. The van der Waals surface area contributed by atoms with Crippen LogP contribution < -0.4 is 4.74 Å². The molecule has 0 spiro atoms. The molecule has 0 radical (unpaired) electrons. The van der Waals surface area contributed by atoms with E-state index in [4.69, 9.17) is 9.26 Å². The van der Waals surface area contributed by atoms with E-state index in [1.807, 2.05) is 37.3 Å². The number of benzene rings is 2. The van der Waals surface area contributed by atoms with Gasteiger partial charge < -0.3 is 9.26 Å². The van der Waals surface area contributed by atoms with Crippen LogP contribution in [0, 0.1) is 0 Å². The van der Waals surface area contributed by atoms with Crippen molar-refractivity contribution in [3.05, 3.63) is 65.5 Å². The third kappa shape index (κ3) is 3.78. The predicted molar refractivity (Wildman–Crippen MR) is 100 cm³/mol. The van der Waals surface area contributed by atoms with Crippen LogP contribution in [0.4, 0.5) is 0 Å². The lowest BCUT2D eigenvalue weighted by Gasteiger charge is -2.28. The molecule has 0 atom stereocenters. The highest BCUT2D eigenvalue weighted by molar-refractivity contribution is 5.53. The van der Waals surface area contributed by atoms with Crippen LogP contribution in [0.1, 0.15) is 23.9 Å². The van der Waals surface area contributed by atoms with E-state index in [0.29, 0.717) is 18.3 Å². The van der Waals surface area contributed by atoms with Gasteiger partial charge in [-0.15, -0.1) is 0 Å². The summed E-state index contributed by atoms with van der Waals surface area (Å²) < 4.78 is 11.1. The van der Waals surface area contributed by atoms with E-state index in [1.165, 1.54) is 11.1 Å². The lowest BCUT2D eigenvalue weighted by molar-refractivity contribution is 0.244. The molecule has 2 aromatic carbocycles. The number of aromatic nitrogens is 2. The summed E-state index contributed by atoms with van der Waals surface area (Å²) in [6.45, 7) is 5.62. The molecule has 1 aromatic heterocycles. The van der Waals surface area contributed by atoms with Crippen molar-refractivity contribution in [2.75, 3.05) is 19.7 Å². The lowest BCUT2D eigenvalue weighted by atomic mass is 9.99. The van der Waals surface area contributed by atoms with Gasteiger partial charge in [-0.05, 0) is 36.6 Å². The standard InChI is InChI=1S/C21H23N3O2/c1-2-25-19-9-8-16-10-12-24(15-18(16)14-19)13-11-20-22-21(23-26-20)17-6-4-3-5-7-17/h3-9,14H,2,10-13,15H2,1H3. The zero-order chi connectivity index (χ0) is 17.8. The van der Waals surface area contributed by atoms with Gasteiger partial charge in [0.15, 0.2) is 0 Å². The molecule has 0 N–H and O–H groups in total. The largest absolute Gasteiger partial charge is 0.494 e. The number of nitrogens with zero attached hydrogens (tertiary/aromatic N) is 3. The summed E-state index contributed by atoms with van der Waals surface area (Å²) in [4.78, 5) is 6.96. The van der Waals surface area contributed by atoms with Crippen molar-refractivity contribution in [2.45, 2.75) is 26.3 Å². The summed E-state index contributed by atoms with van der Waals surface area (Å²) >= 11 is 0. The van der Waals surface area contributed by atoms with Crippen molar-refractivity contribution >= 4 is 0 Å². The SMILES string of the molecule is CCOc1ccc2c(c1)CN(CCc1nc(-c3ccccc3)no1)CC2. The molecule has 26 heavy (non-hydrogen) atoms. The van der Waals surface area contributed by atoms with Gasteiger partial charge in [-0.3, -0.25) is 4.90 Å². The highest BCUT2D eigenvalue weighted by Crippen LogP contribution is 2.24. The van der Waals surface area contributed by atoms with Crippen LogP contribution in [0.5, 0.6) is 5.75 Å². The van der Waals surface area contributed by atoms with Gasteiger partial charge in [0.1, 0.15) is 5.75 Å². The predicted octanol–water partition coefficient (Wildman–Crippen LogP) is 3.74. The normalized spacial score (nSPS) is 14.2. The summed E-state index contributed by atoms with van der Waals surface area (Å²) in [5.74, 6) is 2.31. The van der Waals surface area contributed by atoms with E-state index in [2.05, 4.69) is 33.2 Å². The maximum Gasteiger partial charge on any atom is 0.228 e. The van der Waals surface area contributed by atoms with E-state index >= 15 is 0 Å². The smallest absolute Gasteiger partial charge is 0.228 e. The zero-order valence-corrected chi connectivity index (χ0v) is 15.0. The molecule has 5 nitrogen and oxygen atoms in total. The van der Waals surface area contributed by atoms with Gasteiger partial charge in [0.2, 0.25) is 11.7 Å². The van der Waals surface area contributed by atoms with Crippen molar-refractivity contribution in [1.82, 2.24) is 15.0 Å². The summed E-state index contributed by atoms with van der Waals surface area (Å²) in [6, 6.07) is 16.4. The van der Waals surface area contributed by atoms with Crippen LogP contribution in [-0.4, -0.2) is 34.7 Å². The summed E-state index contributed by atoms with van der Waals surface area (Å²) in [6.07, 6.45) is 1.83. The highest BCUT2D eigenvalue weighted by atomic mass is 16.5. The topological polar surface area (TPSA) is 51.4 Å². The summed E-state index contributed by atoms with van der Waals surface area (Å²) in [5, 5.41) is 4.10. The molecule has 1 aliphatic heterocycles. The molecule has 0 unspecified atom stereocenters. The molecule has 0 fully saturated rings. The van der Waals surface area contributed by atoms with E-state index in [9.17, 15) is 0 Å². The van der Waals surface area contributed by atoms with Crippen molar-refractivity contribution in [3.8, 4) is 17.1 Å². The maximum absolute atomic E-state index is 5.63. The number of hydrogen-bond acceptors (Lipinski definition) is 5. The Balaban J connectivity index is 1.37. The molecule has 0 saturated carbocycles. The first-order valence-corrected chi connectivity index (χ1v) is 9.17. The lowest BCUT2D eigenvalue weighted by Crippen LogP contribution is -2.32. The van der Waals surface area contributed by atoms with Crippen LogP contribution in [0.2, 0.25) is 0 Å². The van der Waals surface area contributed by atoms with E-state index in [-0.39, 0.29) is 0 Å². The van der Waals surface area contributed by atoms with Crippen LogP contribution in [0.3, 0.4) is 0 Å². The molecule has 3 aromatic rings. The minimum absolute atomic E-state index is 0.658. The van der Waals surface area contributed by atoms with Crippen molar-refractivity contribution in [2.24, 2.45) is 0 Å². The Morgan fingerprint density at radius 2 is 2.00 bits per heavy atom. The van der Waals surface area contributed by atoms with Gasteiger partial charge in [0.25, 0.3) is 0 Å². The molecule has 0 amide bonds. The fourth-order valence-corrected chi connectivity index (χ4v) is 3.35. The number of ether oxygens (including phenoxy) is 1. The van der Waals surface area contributed by atoms with E-state index < -0.39 is 0 Å². The summed E-state index contributed by atoms with van der Waals surface area (Å²) in [5.41, 5.74) is 3.77. The minimum Gasteiger partial charge on any atom is -0.494 e. The molecule has 5 heteroatoms. The van der Waals surface area contributed by atoms with Crippen LogP contribution in [0.15, 0.2) is 53.1 Å². The van der Waals surface area contributed by atoms with Gasteiger partial charge in [-0.25, -0.2) is 0 Å². The fraction of sp³-hybridized carbons (Fsp3) is 0.333. The number of hydrogen-bond donors (Lipinski definition) is 0. The number of fused-ring (bicyclic) bond motifs is 1. The first kappa shape index (κ1) is 16.8. The Kier molecular flexibility index (Phi) is 4.97. The van der Waals surface area contributed by atoms with Gasteiger partial charge >= 0.3 is 0 Å². The Morgan fingerprint density at radius 1 is 1.12 bits per heavy atom. The third-order valence-corrected chi connectivity index (χ3v) is 4.72. The molecule has 4 rings (SSSR count). The average molecular weight is 349 g/mol. The van der Waals surface area contributed by atoms with Gasteiger partial charge in [0.05, 0.1) is 6.61 Å². The Bertz CT molecular complexity index is 861. The minimum atomic E-state index is 0.658. The quantitative estimate of drug-likeness (QED) is 0.679. The van der Waals surface area contributed by atoms with Crippen molar-refractivity contribution < 1.29 is 9.26 Å². The number of rotatable bonds is 6. The molecule has 0 aliphatic carbocycles. The molecule has 1 aliphatic rings. The van der Waals surface area contributed by atoms with Gasteiger partial charge in [0, 0.05) is 31.6 Å². The molecule has 0 bridgehead atoms. The summed E-state index contributed by atoms with van der Waals surface area (Å²) in [7, 11) is 0. The highest BCUT2D eigenvalue weighted by Gasteiger charge is 2.18. The average Bonchev–Trinajstić information content (AvgIpc) is 3.16. The zero-order valence-electron chi connectivity index (χ0n) is 15.0. The van der Waals surface area contributed by atoms with Crippen LogP contribution in [0.25, 0.3) is 11.4 Å². The third-order valence-electron chi connectivity index (χ3n) is 4.72. The second-order valence-electron chi connectivity index (χ2n) is 6.52. The van der Waals surface area contributed by atoms with Crippen molar-refractivity contribution in [3.63, 3.8) is 0 Å². The second-order valence-corrected chi connectivity index (χ2v) is 6.52. The van der Waals surface area contributed by atoms with Gasteiger partial charge in [-0.1, -0.05) is 41.6 Å². The Labute approximate surface area is 153 Å². The van der Waals surface area contributed by atoms with E-state index in [1.54, 1.807) is 0 Å². The van der Waals surface area contributed by atoms with Crippen molar-refractivity contribution in [1.29, 1.82) is 0 Å². The molecule has 2 heterocycles. The first-order valence-electron chi connectivity index (χ1n) is 9.17. The first-order chi connectivity index (χ1) is 12.8. The monoisotopic (exact) mass is 349 g/mol.